The highest BCUT2D eigenvalue weighted by atomic mass is 16.6. The van der Waals surface area contributed by atoms with Gasteiger partial charge in [0.25, 0.3) is 5.41 Å². The molecule has 0 amide bonds. The minimum absolute atomic E-state index is 0.00944. The van der Waals surface area contributed by atoms with E-state index in [0.29, 0.717) is 12.8 Å². The fourth-order valence-electron chi connectivity index (χ4n) is 1.52. The van der Waals surface area contributed by atoms with Crippen molar-refractivity contribution in [2.45, 2.75) is 26.2 Å². The van der Waals surface area contributed by atoms with Gasteiger partial charge in [0, 0.05) is 0 Å². The number of hydrogen-bond acceptors (Lipinski definition) is 6. The van der Waals surface area contributed by atoms with Crippen molar-refractivity contribution >= 4 is 17.9 Å². The zero-order valence-electron chi connectivity index (χ0n) is 10.6. The number of ether oxygens (including phenoxy) is 3. The maximum atomic E-state index is 11.7. The van der Waals surface area contributed by atoms with Crippen LogP contribution in [0.4, 0.5) is 0 Å². The average molecular weight is 246 g/mol. The van der Waals surface area contributed by atoms with Crippen molar-refractivity contribution in [3.8, 4) is 0 Å². The first-order valence-electron chi connectivity index (χ1n) is 5.26. The molecule has 0 spiro atoms. The van der Waals surface area contributed by atoms with Crippen LogP contribution in [0.25, 0.3) is 0 Å². The second kappa shape index (κ2) is 6.88. The number of methoxy groups -OCH3 is 3. The molecule has 0 aliphatic heterocycles. The Hall–Kier alpha value is -1.59. The Morgan fingerprint density at radius 1 is 0.882 bits per heavy atom. The SMILES string of the molecule is CCCCC(C(=O)OC)(C(=O)OC)C(=O)OC. The maximum absolute atomic E-state index is 11.7. The molecule has 0 bridgehead atoms. The third kappa shape index (κ3) is 2.95. The van der Waals surface area contributed by atoms with E-state index in [2.05, 4.69) is 14.2 Å². The summed E-state index contributed by atoms with van der Waals surface area (Å²) in [5, 5.41) is 0. The van der Waals surface area contributed by atoms with E-state index >= 15 is 0 Å². The third-order valence-corrected chi connectivity index (χ3v) is 2.51. The highest BCUT2D eigenvalue weighted by Crippen LogP contribution is 2.30. The molecular weight excluding hydrogens is 228 g/mol. The fourth-order valence-corrected chi connectivity index (χ4v) is 1.52. The summed E-state index contributed by atoms with van der Waals surface area (Å²) in [6, 6.07) is 0. The molecule has 0 fully saturated rings. The van der Waals surface area contributed by atoms with Crippen molar-refractivity contribution in [1.82, 2.24) is 0 Å². The fraction of sp³-hybridized carbons (Fsp3) is 0.727. The molecule has 0 radical (unpaired) electrons. The molecular formula is C11H18O6. The maximum Gasteiger partial charge on any atom is 0.334 e. The van der Waals surface area contributed by atoms with Gasteiger partial charge in [0.2, 0.25) is 0 Å². The van der Waals surface area contributed by atoms with Crippen LogP contribution in [0.2, 0.25) is 0 Å². The number of esters is 3. The normalized spacial score (nSPS) is 10.6. The van der Waals surface area contributed by atoms with Crippen LogP contribution in [0.5, 0.6) is 0 Å². The summed E-state index contributed by atoms with van der Waals surface area (Å²) in [6.07, 6.45) is 1.22. The first kappa shape index (κ1) is 15.4. The lowest BCUT2D eigenvalue weighted by molar-refractivity contribution is -0.181. The largest absolute Gasteiger partial charge is 0.468 e. The first-order valence-corrected chi connectivity index (χ1v) is 5.26. The highest BCUT2D eigenvalue weighted by molar-refractivity contribution is 6.17. The van der Waals surface area contributed by atoms with E-state index in [-0.39, 0.29) is 6.42 Å². The highest BCUT2D eigenvalue weighted by Gasteiger charge is 2.56. The lowest BCUT2D eigenvalue weighted by atomic mass is 9.82. The van der Waals surface area contributed by atoms with Gasteiger partial charge < -0.3 is 14.2 Å². The van der Waals surface area contributed by atoms with Crippen molar-refractivity contribution in [3.63, 3.8) is 0 Å². The average Bonchev–Trinajstić information content (AvgIpc) is 2.37. The van der Waals surface area contributed by atoms with Gasteiger partial charge in [-0.1, -0.05) is 19.8 Å². The Morgan fingerprint density at radius 2 is 1.24 bits per heavy atom. The molecule has 98 valence electrons. The molecule has 6 heteroatoms. The molecule has 0 aliphatic rings. The van der Waals surface area contributed by atoms with Gasteiger partial charge in [-0.3, -0.25) is 14.4 Å². The van der Waals surface area contributed by atoms with Crippen molar-refractivity contribution < 1.29 is 28.6 Å². The van der Waals surface area contributed by atoms with Gasteiger partial charge in [0.15, 0.2) is 0 Å². The van der Waals surface area contributed by atoms with Gasteiger partial charge in [-0.05, 0) is 6.42 Å². The Kier molecular flexibility index (Phi) is 6.23. The van der Waals surface area contributed by atoms with Crippen LogP contribution < -0.4 is 0 Å². The Balaban J connectivity index is 5.43. The molecule has 0 unspecified atom stereocenters. The molecule has 0 heterocycles. The third-order valence-electron chi connectivity index (χ3n) is 2.51. The van der Waals surface area contributed by atoms with Crippen molar-refractivity contribution in [3.05, 3.63) is 0 Å². The second-order valence-electron chi connectivity index (χ2n) is 3.48. The number of hydrogen-bond donors (Lipinski definition) is 0. The van der Waals surface area contributed by atoms with Crippen LogP contribution in [-0.4, -0.2) is 39.2 Å². The van der Waals surface area contributed by atoms with Crippen LogP contribution in [0, 0.1) is 5.41 Å². The van der Waals surface area contributed by atoms with Crippen LogP contribution in [0.15, 0.2) is 0 Å². The number of unbranched alkanes of at least 4 members (excludes halogenated alkanes) is 1. The summed E-state index contributed by atoms with van der Waals surface area (Å²) in [6.45, 7) is 1.87. The smallest absolute Gasteiger partial charge is 0.334 e. The summed E-state index contributed by atoms with van der Waals surface area (Å²) in [4.78, 5) is 35.1. The van der Waals surface area contributed by atoms with E-state index in [4.69, 9.17) is 0 Å². The van der Waals surface area contributed by atoms with Crippen molar-refractivity contribution in [2.24, 2.45) is 5.41 Å². The summed E-state index contributed by atoms with van der Waals surface area (Å²) in [7, 11) is 3.32. The monoisotopic (exact) mass is 246 g/mol. The lowest BCUT2D eigenvalue weighted by Crippen LogP contribution is -2.48. The second-order valence-corrected chi connectivity index (χ2v) is 3.48. The van der Waals surface area contributed by atoms with Gasteiger partial charge >= 0.3 is 17.9 Å². The lowest BCUT2D eigenvalue weighted by Gasteiger charge is -2.25. The summed E-state index contributed by atoms with van der Waals surface area (Å²) in [5.74, 6) is -2.86. The molecule has 0 N–H and O–H groups in total. The minimum atomic E-state index is -2.01. The topological polar surface area (TPSA) is 78.9 Å². The molecule has 0 atom stereocenters. The number of carbonyl (C=O) groups excluding carboxylic acids is 3. The van der Waals surface area contributed by atoms with Crippen LogP contribution in [0.3, 0.4) is 0 Å². The van der Waals surface area contributed by atoms with Gasteiger partial charge in [-0.2, -0.15) is 0 Å². The van der Waals surface area contributed by atoms with Gasteiger partial charge in [0.1, 0.15) is 0 Å². The zero-order chi connectivity index (χ0) is 13.5. The molecule has 6 nitrogen and oxygen atoms in total. The van der Waals surface area contributed by atoms with Crippen molar-refractivity contribution in [1.29, 1.82) is 0 Å². The van der Waals surface area contributed by atoms with E-state index in [1.54, 1.807) is 0 Å². The predicted molar refractivity (Wildman–Crippen MR) is 58.0 cm³/mol. The van der Waals surface area contributed by atoms with E-state index < -0.39 is 23.3 Å². The summed E-state index contributed by atoms with van der Waals surface area (Å²) < 4.78 is 13.6. The van der Waals surface area contributed by atoms with Gasteiger partial charge in [-0.25, -0.2) is 0 Å². The Labute approximate surface area is 100 Å². The molecule has 0 aromatic rings. The van der Waals surface area contributed by atoms with Gasteiger partial charge in [-0.15, -0.1) is 0 Å². The molecule has 0 saturated heterocycles. The van der Waals surface area contributed by atoms with E-state index in [0.717, 1.165) is 21.3 Å². The molecule has 0 saturated carbocycles. The first-order chi connectivity index (χ1) is 8.00. The molecule has 0 aromatic carbocycles. The number of carbonyl (C=O) groups is 3. The Morgan fingerprint density at radius 3 is 1.47 bits per heavy atom. The van der Waals surface area contributed by atoms with E-state index in [9.17, 15) is 14.4 Å². The molecule has 0 rings (SSSR count). The standard InChI is InChI=1S/C11H18O6/c1-5-6-7-11(8(12)15-2,9(13)16-3)10(14)17-4/h5-7H2,1-4H3. The van der Waals surface area contributed by atoms with Crippen LogP contribution in [-0.2, 0) is 28.6 Å². The predicted octanol–water partition coefficient (Wildman–Crippen LogP) is 0.682. The van der Waals surface area contributed by atoms with Crippen molar-refractivity contribution in [2.75, 3.05) is 21.3 Å². The summed E-state index contributed by atoms with van der Waals surface area (Å²) in [5.41, 5.74) is -2.01. The van der Waals surface area contributed by atoms with Crippen LogP contribution in [0.1, 0.15) is 26.2 Å². The Bertz CT molecular complexity index is 256. The van der Waals surface area contributed by atoms with E-state index in [1.807, 2.05) is 6.92 Å². The minimum Gasteiger partial charge on any atom is -0.468 e. The van der Waals surface area contributed by atoms with Crippen LogP contribution >= 0.6 is 0 Å². The molecule has 0 aliphatic carbocycles. The molecule has 17 heavy (non-hydrogen) atoms. The number of rotatable bonds is 6. The summed E-state index contributed by atoms with van der Waals surface area (Å²) >= 11 is 0. The quantitative estimate of drug-likeness (QED) is 0.389. The zero-order valence-corrected chi connectivity index (χ0v) is 10.6. The molecule has 0 aromatic heterocycles. The van der Waals surface area contributed by atoms with Gasteiger partial charge in [0.05, 0.1) is 21.3 Å². The van der Waals surface area contributed by atoms with E-state index in [1.165, 1.54) is 0 Å².